The first-order valence-electron chi connectivity index (χ1n) is 6.09. The van der Waals surface area contributed by atoms with Gasteiger partial charge in [-0.1, -0.05) is 62.4 Å². The third-order valence-corrected chi connectivity index (χ3v) is 2.65. The van der Waals surface area contributed by atoms with Crippen molar-refractivity contribution >= 4 is 0 Å². The van der Waals surface area contributed by atoms with E-state index in [1.165, 1.54) is 5.56 Å². The summed E-state index contributed by atoms with van der Waals surface area (Å²) in [6.45, 7) is 4.17. The van der Waals surface area contributed by atoms with Gasteiger partial charge < -0.3 is 5.11 Å². The molecule has 90 valence electrons. The van der Waals surface area contributed by atoms with Crippen LogP contribution in [-0.4, -0.2) is 5.11 Å². The van der Waals surface area contributed by atoms with Gasteiger partial charge in [0.25, 0.3) is 0 Å². The van der Waals surface area contributed by atoms with E-state index in [4.69, 9.17) is 0 Å². The molecule has 0 aromatic heterocycles. The van der Waals surface area contributed by atoms with E-state index in [1.807, 2.05) is 42.5 Å². The van der Waals surface area contributed by atoms with Crippen molar-refractivity contribution in [3.8, 4) is 5.75 Å². The number of aromatic hydroxyl groups is 1. The van der Waals surface area contributed by atoms with Gasteiger partial charge in [-0.25, -0.2) is 0 Å². The molecular weight excluding hydrogens is 208 g/mol. The molecule has 1 N–H and O–H groups in total. The molecule has 0 spiro atoms. The second-order valence-corrected chi connectivity index (χ2v) is 3.78. The smallest absolute Gasteiger partial charge is 0.119 e. The summed E-state index contributed by atoms with van der Waals surface area (Å²) in [6, 6.07) is 17.7. The van der Waals surface area contributed by atoms with Crippen LogP contribution in [0.3, 0.4) is 0 Å². The maximum absolute atomic E-state index is 9.42. The van der Waals surface area contributed by atoms with Crippen molar-refractivity contribution in [3.63, 3.8) is 0 Å². The molecule has 0 saturated heterocycles. The molecule has 2 rings (SSSR count). The molecule has 0 bridgehead atoms. The first-order valence-corrected chi connectivity index (χ1v) is 6.09. The standard InChI is InChI=1S/C10H14O.C6H6/c1-3-8-6-5-7-10(11)9(8)4-2;1-2-4-6-5-3-1/h5-7,11H,3-4H2,1-2H3;1-6H. The van der Waals surface area contributed by atoms with E-state index < -0.39 is 0 Å². The van der Waals surface area contributed by atoms with Crippen molar-refractivity contribution in [2.45, 2.75) is 26.7 Å². The molecule has 0 aliphatic heterocycles. The van der Waals surface area contributed by atoms with Crippen LogP contribution in [0.15, 0.2) is 54.6 Å². The summed E-state index contributed by atoms with van der Waals surface area (Å²) in [5, 5.41) is 9.42. The summed E-state index contributed by atoms with van der Waals surface area (Å²) in [6.07, 6.45) is 1.91. The first kappa shape index (κ1) is 13.3. The Bertz CT molecular complexity index is 394. The van der Waals surface area contributed by atoms with E-state index in [2.05, 4.69) is 19.9 Å². The lowest BCUT2D eigenvalue weighted by molar-refractivity contribution is 0.468. The molecule has 0 radical (unpaired) electrons. The number of aryl methyl sites for hydroxylation is 1. The fourth-order valence-corrected chi connectivity index (χ4v) is 1.75. The number of phenolic OH excluding ortho intramolecular Hbond substituents is 1. The van der Waals surface area contributed by atoms with Crippen LogP contribution in [0.25, 0.3) is 0 Å². The van der Waals surface area contributed by atoms with Gasteiger partial charge >= 0.3 is 0 Å². The fourth-order valence-electron chi connectivity index (χ4n) is 1.75. The van der Waals surface area contributed by atoms with Gasteiger partial charge in [-0.15, -0.1) is 0 Å². The topological polar surface area (TPSA) is 20.2 Å². The molecule has 0 fully saturated rings. The molecule has 17 heavy (non-hydrogen) atoms. The van der Waals surface area contributed by atoms with Crippen LogP contribution in [0.1, 0.15) is 25.0 Å². The van der Waals surface area contributed by atoms with Crippen LogP contribution in [0.2, 0.25) is 0 Å². The van der Waals surface area contributed by atoms with Crippen molar-refractivity contribution in [1.29, 1.82) is 0 Å². The predicted molar refractivity (Wildman–Crippen MR) is 73.3 cm³/mol. The minimum Gasteiger partial charge on any atom is -0.508 e. The van der Waals surface area contributed by atoms with Gasteiger partial charge in [-0.2, -0.15) is 0 Å². The highest BCUT2D eigenvalue weighted by molar-refractivity contribution is 5.39. The van der Waals surface area contributed by atoms with E-state index in [-0.39, 0.29) is 0 Å². The molecule has 0 aliphatic rings. The van der Waals surface area contributed by atoms with Gasteiger partial charge in [0, 0.05) is 0 Å². The second kappa shape index (κ2) is 7.50. The van der Waals surface area contributed by atoms with Crippen LogP contribution >= 0.6 is 0 Å². The van der Waals surface area contributed by atoms with Gasteiger partial charge in [0.05, 0.1) is 0 Å². The van der Waals surface area contributed by atoms with Gasteiger partial charge in [-0.05, 0) is 30.0 Å². The van der Waals surface area contributed by atoms with E-state index in [0.29, 0.717) is 5.75 Å². The van der Waals surface area contributed by atoms with Crippen LogP contribution in [0.4, 0.5) is 0 Å². The maximum atomic E-state index is 9.42. The van der Waals surface area contributed by atoms with Gasteiger partial charge in [0.1, 0.15) is 5.75 Å². The Morgan fingerprint density at radius 2 is 1.29 bits per heavy atom. The Morgan fingerprint density at radius 3 is 1.65 bits per heavy atom. The molecule has 1 nitrogen and oxygen atoms in total. The van der Waals surface area contributed by atoms with E-state index in [1.54, 1.807) is 6.07 Å². The highest BCUT2D eigenvalue weighted by atomic mass is 16.3. The zero-order valence-electron chi connectivity index (χ0n) is 10.6. The Kier molecular flexibility index (Phi) is 5.87. The minimum atomic E-state index is 0.437. The molecule has 2 aromatic carbocycles. The van der Waals surface area contributed by atoms with Crippen LogP contribution in [-0.2, 0) is 12.8 Å². The summed E-state index contributed by atoms with van der Waals surface area (Å²) in [7, 11) is 0. The van der Waals surface area contributed by atoms with Crippen LogP contribution in [0.5, 0.6) is 5.75 Å². The Balaban J connectivity index is 0.000000202. The van der Waals surface area contributed by atoms with Crippen molar-refractivity contribution < 1.29 is 5.11 Å². The normalized spacial score (nSPS) is 9.29. The number of phenols is 1. The molecule has 0 unspecified atom stereocenters. The average Bonchev–Trinajstić information content (AvgIpc) is 2.41. The van der Waals surface area contributed by atoms with Gasteiger partial charge in [0.2, 0.25) is 0 Å². The third-order valence-electron chi connectivity index (χ3n) is 2.65. The Morgan fingerprint density at radius 1 is 0.765 bits per heavy atom. The van der Waals surface area contributed by atoms with E-state index in [0.717, 1.165) is 18.4 Å². The van der Waals surface area contributed by atoms with Crippen molar-refractivity contribution in [2.75, 3.05) is 0 Å². The molecule has 0 amide bonds. The average molecular weight is 228 g/mol. The summed E-state index contributed by atoms with van der Waals surface area (Å²) < 4.78 is 0. The maximum Gasteiger partial charge on any atom is 0.119 e. The van der Waals surface area contributed by atoms with Gasteiger partial charge in [0.15, 0.2) is 0 Å². The molecular formula is C16H20O. The Labute approximate surface area is 104 Å². The lowest BCUT2D eigenvalue weighted by atomic mass is 10.0. The number of hydrogen-bond donors (Lipinski definition) is 1. The number of benzene rings is 2. The van der Waals surface area contributed by atoms with Crippen LogP contribution in [0, 0.1) is 0 Å². The summed E-state index contributed by atoms with van der Waals surface area (Å²) in [5.74, 6) is 0.437. The molecule has 0 atom stereocenters. The van der Waals surface area contributed by atoms with E-state index >= 15 is 0 Å². The second-order valence-electron chi connectivity index (χ2n) is 3.78. The zero-order chi connectivity index (χ0) is 12.5. The monoisotopic (exact) mass is 228 g/mol. The van der Waals surface area contributed by atoms with E-state index in [9.17, 15) is 5.11 Å². The molecule has 0 saturated carbocycles. The lowest BCUT2D eigenvalue weighted by Gasteiger charge is -2.06. The van der Waals surface area contributed by atoms with Crippen molar-refractivity contribution in [1.82, 2.24) is 0 Å². The Hall–Kier alpha value is -1.76. The quantitative estimate of drug-likeness (QED) is 0.816. The third kappa shape index (κ3) is 4.31. The van der Waals surface area contributed by atoms with Gasteiger partial charge in [-0.3, -0.25) is 0 Å². The zero-order valence-corrected chi connectivity index (χ0v) is 10.6. The fraction of sp³-hybridized carbons (Fsp3) is 0.250. The predicted octanol–water partition coefficient (Wildman–Crippen LogP) is 4.20. The minimum absolute atomic E-state index is 0.437. The molecule has 2 aromatic rings. The molecule has 0 heterocycles. The largest absolute Gasteiger partial charge is 0.508 e. The number of hydrogen-bond acceptors (Lipinski definition) is 1. The highest BCUT2D eigenvalue weighted by Gasteiger charge is 2.02. The highest BCUT2D eigenvalue weighted by Crippen LogP contribution is 2.21. The van der Waals surface area contributed by atoms with Crippen molar-refractivity contribution in [3.05, 3.63) is 65.7 Å². The lowest BCUT2D eigenvalue weighted by Crippen LogP contribution is -1.90. The van der Waals surface area contributed by atoms with Crippen molar-refractivity contribution in [2.24, 2.45) is 0 Å². The summed E-state index contributed by atoms with van der Waals surface area (Å²) in [4.78, 5) is 0. The summed E-state index contributed by atoms with van der Waals surface area (Å²) >= 11 is 0. The molecule has 0 aliphatic carbocycles. The van der Waals surface area contributed by atoms with Crippen LogP contribution < -0.4 is 0 Å². The first-order chi connectivity index (χ1) is 8.29. The SMILES string of the molecule is CCc1cccc(O)c1CC.c1ccccc1. The summed E-state index contributed by atoms with van der Waals surface area (Å²) in [5.41, 5.74) is 2.35. The molecule has 1 heteroatoms. The number of rotatable bonds is 2.